The molecule has 2 N–H and O–H groups in total. The van der Waals surface area contributed by atoms with Gasteiger partial charge in [0.25, 0.3) is 0 Å². The second-order valence-electron chi connectivity index (χ2n) is 3.38. The molecule has 4 nitrogen and oxygen atoms in total. The zero-order chi connectivity index (χ0) is 12.1. The topological polar surface area (TPSA) is 71.9 Å². The number of nitrogens with zero attached hydrogens (tertiary/aromatic N) is 2. The van der Waals surface area contributed by atoms with Gasteiger partial charge in [-0.05, 0) is 17.5 Å². The average Bonchev–Trinajstić information content (AvgIpc) is 2.84. The molecule has 0 spiro atoms. The van der Waals surface area contributed by atoms with Gasteiger partial charge in [0.1, 0.15) is 6.07 Å². The van der Waals surface area contributed by atoms with Crippen LogP contribution in [0.15, 0.2) is 29.6 Å². The summed E-state index contributed by atoms with van der Waals surface area (Å²) in [6.45, 7) is 0.544. The Bertz CT molecular complexity index is 531. The Morgan fingerprint density at radius 3 is 3.00 bits per heavy atom. The van der Waals surface area contributed by atoms with Crippen molar-refractivity contribution in [3.8, 4) is 11.9 Å². The van der Waals surface area contributed by atoms with Crippen molar-refractivity contribution in [1.82, 2.24) is 4.98 Å². The van der Waals surface area contributed by atoms with Gasteiger partial charge in [-0.1, -0.05) is 6.07 Å². The van der Waals surface area contributed by atoms with E-state index in [4.69, 9.17) is 15.7 Å². The fourth-order valence-electron chi connectivity index (χ4n) is 1.33. The maximum Gasteiger partial charge on any atom is 0.214 e. The van der Waals surface area contributed by atoms with Crippen molar-refractivity contribution in [2.75, 3.05) is 12.3 Å². The maximum atomic E-state index is 8.77. The Morgan fingerprint density at radius 2 is 2.29 bits per heavy atom. The second-order valence-corrected chi connectivity index (χ2v) is 4.41. The van der Waals surface area contributed by atoms with Crippen LogP contribution in [-0.2, 0) is 6.42 Å². The van der Waals surface area contributed by atoms with Crippen LogP contribution in [0.2, 0.25) is 0 Å². The maximum absolute atomic E-state index is 8.77. The van der Waals surface area contributed by atoms with Crippen molar-refractivity contribution in [1.29, 1.82) is 5.26 Å². The van der Waals surface area contributed by atoms with E-state index in [9.17, 15) is 0 Å². The van der Waals surface area contributed by atoms with E-state index in [1.807, 2.05) is 17.5 Å². The van der Waals surface area contributed by atoms with Crippen LogP contribution < -0.4 is 10.5 Å². The van der Waals surface area contributed by atoms with Gasteiger partial charge in [0, 0.05) is 17.4 Å². The minimum atomic E-state index is 0.207. The predicted molar refractivity (Wildman–Crippen MR) is 66.9 cm³/mol. The summed E-state index contributed by atoms with van der Waals surface area (Å²) >= 11 is 1.70. The lowest BCUT2D eigenvalue weighted by Gasteiger charge is -2.05. The molecule has 0 bridgehead atoms. The van der Waals surface area contributed by atoms with Crippen molar-refractivity contribution in [3.05, 3.63) is 40.2 Å². The van der Waals surface area contributed by atoms with Gasteiger partial charge >= 0.3 is 0 Å². The third kappa shape index (κ3) is 2.95. The lowest BCUT2D eigenvalue weighted by Crippen LogP contribution is -2.03. The molecular weight excluding hydrogens is 234 g/mol. The molecule has 0 atom stereocenters. The van der Waals surface area contributed by atoms with Crippen LogP contribution in [0.5, 0.6) is 5.88 Å². The van der Waals surface area contributed by atoms with Crippen molar-refractivity contribution in [3.63, 3.8) is 0 Å². The minimum absolute atomic E-state index is 0.207. The highest BCUT2D eigenvalue weighted by molar-refractivity contribution is 7.09. The van der Waals surface area contributed by atoms with E-state index in [-0.39, 0.29) is 5.69 Å². The molecular formula is C12H11N3OS. The molecule has 5 heteroatoms. The highest BCUT2D eigenvalue weighted by Crippen LogP contribution is 2.15. The molecule has 0 saturated heterocycles. The summed E-state index contributed by atoms with van der Waals surface area (Å²) < 4.78 is 5.47. The van der Waals surface area contributed by atoms with Gasteiger partial charge in [0.2, 0.25) is 5.88 Å². The van der Waals surface area contributed by atoms with E-state index in [2.05, 4.69) is 11.1 Å². The van der Waals surface area contributed by atoms with Crippen LogP contribution in [0, 0.1) is 11.3 Å². The fourth-order valence-corrected chi connectivity index (χ4v) is 2.02. The smallest absolute Gasteiger partial charge is 0.214 e. The normalized spacial score (nSPS) is 9.82. The van der Waals surface area contributed by atoms with E-state index in [0.29, 0.717) is 18.2 Å². The van der Waals surface area contributed by atoms with Crippen LogP contribution in [0.4, 0.5) is 5.69 Å². The van der Waals surface area contributed by atoms with Gasteiger partial charge in [-0.2, -0.15) is 5.26 Å². The number of nitriles is 1. The molecule has 86 valence electrons. The number of hydrogen-bond acceptors (Lipinski definition) is 5. The molecule has 0 aliphatic carbocycles. The van der Waals surface area contributed by atoms with Gasteiger partial charge in [-0.25, -0.2) is 4.98 Å². The largest absolute Gasteiger partial charge is 0.477 e. The Balaban J connectivity index is 1.93. The van der Waals surface area contributed by atoms with Crippen molar-refractivity contribution in [2.24, 2.45) is 0 Å². The lowest BCUT2D eigenvalue weighted by atomic mass is 10.3. The molecule has 0 amide bonds. The van der Waals surface area contributed by atoms with Crippen molar-refractivity contribution >= 4 is 17.0 Å². The first-order chi connectivity index (χ1) is 8.29. The number of aromatic nitrogens is 1. The monoisotopic (exact) mass is 245 g/mol. The summed E-state index contributed by atoms with van der Waals surface area (Å²) in [5, 5.41) is 10.8. The van der Waals surface area contributed by atoms with E-state index < -0.39 is 0 Å². The minimum Gasteiger partial charge on any atom is -0.477 e. The quantitative estimate of drug-likeness (QED) is 0.896. The Kier molecular flexibility index (Phi) is 3.58. The average molecular weight is 245 g/mol. The van der Waals surface area contributed by atoms with Crippen LogP contribution in [0.1, 0.15) is 10.6 Å². The number of nitrogens with two attached hydrogens (primary N) is 1. The van der Waals surface area contributed by atoms with Gasteiger partial charge in [0.15, 0.2) is 5.69 Å². The van der Waals surface area contributed by atoms with E-state index in [1.165, 1.54) is 4.88 Å². The molecule has 0 unspecified atom stereocenters. The molecule has 0 fully saturated rings. The summed E-state index contributed by atoms with van der Waals surface area (Å²) in [6.07, 6.45) is 0.839. The van der Waals surface area contributed by atoms with Crippen LogP contribution in [0.3, 0.4) is 0 Å². The lowest BCUT2D eigenvalue weighted by molar-refractivity contribution is 0.310. The van der Waals surface area contributed by atoms with Gasteiger partial charge < -0.3 is 10.5 Å². The second kappa shape index (κ2) is 5.32. The summed E-state index contributed by atoms with van der Waals surface area (Å²) in [5.41, 5.74) is 6.15. The van der Waals surface area contributed by atoms with E-state index >= 15 is 0 Å². The molecule has 17 heavy (non-hydrogen) atoms. The van der Waals surface area contributed by atoms with Crippen LogP contribution in [-0.4, -0.2) is 11.6 Å². The Labute approximate surface area is 103 Å². The first-order valence-corrected chi connectivity index (χ1v) is 5.99. The van der Waals surface area contributed by atoms with E-state index in [0.717, 1.165) is 6.42 Å². The number of thiophene rings is 1. The number of nitrogen functional groups attached to an aromatic ring is 1. The predicted octanol–water partition coefficient (Wildman–Crippen LogP) is 2.22. The molecule has 2 aromatic rings. The number of rotatable bonds is 4. The number of ether oxygens (including phenoxy) is 1. The summed E-state index contributed by atoms with van der Waals surface area (Å²) in [4.78, 5) is 5.27. The summed E-state index contributed by atoms with van der Waals surface area (Å²) in [6, 6.07) is 9.30. The standard InChI is InChI=1S/C12H11N3OS/c13-8-11-10(14)3-4-12(15-11)16-6-5-9-2-1-7-17-9/h1-4,7H,5-6,14H2. The fraction of sp³-hybridized carbons (Fsp3) is 0.167. The van der Waals surface area contributed by atoms with Crippen molar-refractivity contribution < 1.29 is 4.74 Å². The first-order valence-electron chi connectivity index (χ1n) is 5.11. The molecule has 0 aliphatic rings. The summed E-state index contributed by atoms with van der Waals surface area (Å²) in [7, 11) is 0. The Morgan fingerprint density at radius 1 is 1.41 bits per heavy atom. The van der Waals surface area contributed by atoms with Crippen LogP contribution >= 0.6 is 11.3 Å². The molecule has 2 heterocycles. The highest BCUT2D eigenvalue weighted by Gasteiger charge is 2.03. The Hall–Kier alpha value is -2.06. The molecule has 0 radical (unpaired) electrons. The number of hydrogen-bond donors (Lipinski definition) is 1. The van der Waals surface area contributed by atoms with E-state index in [1.54, 1.807) is 23.5 Å². The van der Waals surface area contributed by atoms with Gasteiger partial charge in [-0.15, -0.1) is 11.3 Å². The molecule has 2 aromatic heterocycles. The SMILES string of the molecule is N#Cc1nc(OCCc2cccs2)ccc1N. The van der Waals surface area contributed by atoms with Crippen molar-refractivity contribution in [2.45, 2.75) is 6.42 Å². The number of anilines is 1. The molecule has 0 aromatic carbocycles. The van der Waals surface area contributed by atoms with Gasteiger partial charge in [0.05, 0.1) is 12.3 Å². The molecule has 0 saturated carbocycles. The zero-order valence-corrected chi connectivity index (χ0v) is 9.91. The summed E-state index contributed by atoms with van der Waals surface area (Å²) in [5.74, 6) is 0.437. The third-order valence-electron chi connectivity index (χ3n) is 2.19. The van der Waals surface area contributed by atoms with Gasteiger partial charge in [-0.3, -0.25) is 0 Å². The molecule has 0 aliphatic heterocycles. The highest BCUT2D eigenvalue weighted by atomic mass is 32.1. The zero-order valence-electron chi connectivity index (χ0n) is 9.09. The first kappa shape index (κ1) is 11.4. The third-order valence-corrected chi connectivity index (χ3v) is 3.12. The molecule has 2 rings (SSSR count). The number of pyridine rings is 1. The van der Waals surface area contributed by atoms with Crippen LogP contribution in [0.25, 0.3) is 0 Å².